The SMILES string of the molecule is c1cc[c]([Ge]([c]2ccccc2)([c]2ccccc2)[GeH]([Ge]([c]2ccccc2)([c]2ccccc2)[c]2ccccc2)[Ge]([c]2ccccc2)([c]2ccccc2)[c]2ccccc2)cc1.c1cc[c]([Ge]2([c]3ccccc3)[Ge]([c]3ccccc3)([c]3ccccc3)[Ge]([c]3ccccc3)([c]3ccccc3)[Ge]([c]3ccccc3)([c]3ccccc3)[Ge]2([c]2ccccc2)[c]2ccccc2)cc1. The molecular weight excluding hydrogens is 2020 g/mol. The van der Waals surface area contributed by atoms with E-state index < -0.39 is 89.0 Å². The van der Waals surface area contributed by atoms with Crippen LogP contribution in [0.5, 0.6) is 0 Å². The summed E-state index contributed by atoms with van der Waals surface area (Å²) >= 11 is -11.9. The average Bonchev–Trinajstić information content (AvgIpc) is 1.42. The van der Waals surface area contributed by atoms with Gasteiger partial charge in [-0.2, -0.15) is 0 Å². The zero-order chi connectivity index (χ0) is 82.7. The van der Waals surface area contributed by atoms with E-state index in [1.54, 1.807) is 83.5 Å². The molecule has 0 aromatic heterocycles. The van der Waals surface area contributed by atoms with E-state index in [9.17, 15) is 0 Å². The monoisotopic (exact) mass is 2130 g/mol. The maximum atomic E-state index is 2.67. The van der Waals surface area contributed by atoms with Crippen molar-refractivity contribution in [1.82, 2.24) is 0 Å². The summed E-state index contributed by atoms with van der Waals surface area (Å²) in [5.74, 6) is 0. The summed E-state index contributed by atoms with van der Waals surface area (Å²) in [4.78, 5) is 0. The molecule has 0 nitrogen and oxygen atoms in total. The molecule has 0 N–H and O–H groups in total. The average molecular weight is 2120 g/mol. The zero-order valence-corrected chi connectivity index (χ0v) is 88.1. The van der Waals surface area contributed by atoms with E-state index >= 15 is 0 Å². The van der Waals surface area contributed by atoms with Gasteiger partial charge in [-0.1, -0.05) is 0 Å². The Morgan fingerprint density at radius 3 is 0.252 bits per heavy atom. The van der Waals surface area contributed by atoms with Gasteiger partial charge >= 0.3 is 749 Å². The summed E-state index contributed by atoms with van der Waals surface area (Å²) in [5.41, 5.74) is 0. The zero-order valence-electron chi connectivity index (χ0n) is 68.9. The molecule has 0 radical (unpaired) electrons. The van der Waals surface area contributed by atoms with Crippen LogP contribution < -0.4 is 83.5 Å². The summed E-state index contributed by atoms with van der Waals surface area (Å²) in [6.45, 7) is 0. The van der Waals surface area contributed by atoms with Crippen molar-refractivity contribution in [3.8, 4) is 0 Å². The molecule has 0 unspecified atom stereocenters. The Hall–Kier alpha value is -9.93. The van der Waals surface area contributed by atoms with Crippen LogP contribution in [0.1, 0.15) is 0 Å². The number of rotatable bonds is 22. The Labute approximate surface area is 739 Å². The van der Waals surface area contributed by atoms with Gasteiger partial charge in [0.1, 0.15) is 0 Å². The first-order chi connectivity index (χ1) is 61.1. The van der Waals surface area contributed by atoms with Crippen molar-refractivity contribution in [1.29, 1.82) is 0 Å². The van der Waals surface area contributed by atoms with Gasteiger partial charge in [-0.3, -0.25) is 0 Å². The maximum absolute atomic E-state index is 4.39. The van der Waals surface area contributed by atoms with E-state index in [0.717, 1.165) is 0 Å². The van der Waals surface area contributed by atoms with Gasteiger partial charge in [0, 0.05) is 0 Å². The Morgan fingerprint density at radius 1 is 0.0976 bits per heavy atom. The molecular formula is C114H96Ge9. The molecule has 0 atom stereocenters. The van der Waals surface area contributed by atoms with Gasteiger partial charge in [-0.15, -0.1) is 0 Å². The minimum absolute atomic E-state index is 1.58. The molecule has 123 heavy (non-hydrogen) atoms. The van der Waals surface area contributed by atoms with Gasteiger partial charge in [-0.25, -0.2) is 0 Å². The second kappa shape index (κ2) is 37.1. The van der Waals surface area contributed by atoms with E-state index in [4.69, 9.17) is 0 Å². The molecule has 1 heterocycles. The van der Waals surface area contributed by atoms with Crippen LogP contribution in [0.3, 0.4) is 0 Å². The van der Waals surface area contributed by atoms with E-state index in [1.165, 1.54) is 0 Å². The summed E-state index contributed by atoms with van der Waals surface area (Å²) in [7, 11) is -25.3. The molecule has 588 valence electrons. The molecule has 20 rings (SSSR count). The summed E-state index contributed by atoms with van der Waals surface area (Å²) in [6.07, 6.45) is 0. The van der Waals surface area contributed by atoms with Crippen molar-refractivity contribution in [3.63, 3.8) is 0 Å². The van der Waals surface area contributed by atoms with Crippen LogP contribution in [0.25, 0.3) is 0 Å². The normalized spacial score (nSPS) is 14.3. The second-order valence-corrected chi connectivity index (χ2v) is 309. The molecule has 19 aromatic rings. The molecule has 1 aliphatic heterocycles. The number of benzene rings is 19. The van der Waals surface area contributed by atoms with Crippen LogP contribution >= 0.6 is 0 Å². The van der Waals surface area contributed by atoms with Crippen molar-refractivity contribution in [2.75, 3.05) is 0 Å². The standard InChI is InChI=1S/C60H50Ge5.C54H46Ge4/c1-11-31-51(32-12-1)61(52-33-13-2-14-34-52)62(53-35-15-3-16-36-53,54-37-17-4-18-38-54)64(57-43-23-7-24-44-57,58-45-25-8-26-46-58)65(59-47-27-9-28-48-59,60-49-29-10-30-50-60)63(61,55-39-19-5-20-40-55)56-41-21-6-22-42-56;1-10-28-46(29-11-1)56(47-30-12-2-13-31-47,48-32-14-3-15-33-48)55(57(49-34-16-4-17-35-49,50-36-18-5-19-37-50)51-38-20-6-21-39-51)58(52-40-22-7-23-41-52,53-42-24-8-25-43-53)54-44-26-9-27-45-54/h1-50H;1-45,55H. The van der Waals surface area contributed by atoms with Gasteiger partial charge in [0.25, 0.3) is 0 Å². The van der Waals surface area contributed by atoms with Crippen LogP contribution in [-0.2, 0) is 0 Å². The van der Waals surface area contributed by atoms with Crippen molar-refractivity contribution < 1.29 is 0 Å². The quantitative estimate of drug-likeness (QED) is 0.0593. The minimum atomic E-state index is -4.39. The molecule has 0 bridgehead atoms. The Bertz CT molecular complexity index is 5240. The van der Waals surface area contributed by atoms with Crippen LogP contribution in [-0.4, -0.2) is 89.0 Å². The van der Waals surface area contributed by atoms with Crippen molar-refractivity contribution in [2.45, 2.75) is 0 Å². The topological polar surface area (TPSA) is 0 Å². The third-order valence-electron chi connectivity index (χ3n) is 27.2. The molecule has 19 aromatic carbocycles. The van der Waals surface area contributed by atoms with Crippen LogP contribution in [0, 0.1) is 0 Å². The Kier molecular flexibility index (Phi) is 24.9. The van der Waals surface area contributed by atoms with Gasteiger partial charge < -0.3 is 0 Å². The van der Waals surface area contributed by atoms with E-state index in [0.29, 0.717) is 0 Å². The molecule has 0 aliphatic carbocycles. The van der Waals surface area contributed by atoms with Gasteiger partial charge in [0.15, 0.2) is 0 Å². The van der Waals surface area contributed by atoms with Crippen LogP contribution in [0.15, 0.2) is 576 Å². The van der Waals surface area contributed by atoms with E-state index in [-0.39, 0.29) is 0 Å². The molecule has 1 fully saturated rings. The molecule has 0 spiro atoms. The summed E-state index contributed by atoms with van der Waals surface area (Å²) in [5, 5.41) is 0. The van der Waals surface area contributed by atoms with E-state index in [2.05, 4.69) is 576 Å². The predicted octanol–water partition coefficient (Wildman–Crippen LogP) is 12.7. The van der Waals surface area contributed by atoms with Crippen molar-refractivity contribution in [2.24, 2.45) is 0 Å². The fourth-order valence-electron chi connectivity index (χ4n) is 23.7. The second-order valence-electron chi connectivity index (χ2n) is 32.6. The van der Waals surface area contributed by atoms with Gasteiger partial charge in [0.2, 0.25) is 0 Å². The Balaban J connectivity index is 0.000000163. The number of hydrogen-bond acceptors (Lipinski definition) is 0. The fraction of sp³-hybridized carbons (Fsp3) is 0. The Morgan fingerprint density at radius 2 is 0.171 bits per heavy atom. The predicted molar refractivity (Wildman–Crippen MR) is 549 cm³/mol. The van der Waals surface area contributed by atoms with Gasteiger partial charge in [-0.05, 0) is 0 Å². The van der Waals surface area contributed by atoms with Gasteiger partial charge in [0.05, 0.1) is 0 Å². The molecule has 1 saturated heterocycles. The third-order valence-corrected chi connectivity index (χ3v) is 787. The molecule has 0 amide bonds. The molecule has 0 saturated carbocycles. The van der Waals surface area contributed by atoms with Crippen LogP contribution in [0.4, 0.5) is 0 Å². The van der Waals surface area contributed by atoms with Crippen LogP contribution in [0.2, 0.25) is 0 Å². The fourth-order valence-corrected chi connectivity index (χ4v) is 1870. The summed E-state index contributed by atoms with van der Waals surface area (Å²) < 4.78 is 30.9. The first-order valence-electron chi connectivity index (χ1n) is 43.2. The molecule has 1 aliphatic rings. The number of hydrogen-bond donors (Lipinski definition) is 0. The molecule has 9 heteroatoms. The van der Waals surface area contributed by atoms with E-state index in [1.807, 2.05) is 0 Å². The van der Waals surface area contributed by atoms with Crippen molar-refractivity contribution in [3.05, 3.63) is 576 Å². The first-order valence-corrected chi connectivity index (χ1v) is 118. The third kappa shape index (κ3) is 13.3. The van der Waals surface area contributed by atoms with Crippen molar-refractivity contribution >= 4 is 173 Å². The first kappa shape index (κ1) is 82.7. The summed E-state index contributed by atoms with van der Waals surface area (Å²) in [6, 6.07) is 233.